The Morgan fingerprint density at radius 1 is 1.02 bits per heavy atom. The number of rotatable bonds is 10. The Balaban J connectivity index is 1.31. The highest BCUT2D eigenvalue weighted by atomic mass is 35.5. The van der Waals surface area contributed by atoms with E-state index in [-0.39, 0.29) is 11.7 Å². The van der Waals surface area contributed by atoms with Crippen LogP contribution in [0.4, 0.5) is 4.39 Å². The predicted octanol–water partition coefficient (Wildman–Crippen LogP) is 7.72. The molecule has 1 fully saturated rings. The number of nitrogens with zero attached hydrogens (tertiary/aromatic N) is 4. The Hall–Kier alpha value is -3.88. The number of piperidine rings is 1. The van der Waals surface area contributed by atoms with Crippen molar-refractivity contribution in [1.82, 2.24) is 19.2 Å². The van der Waals surface area contributed by atoms with Crippen LogP contribution in [0.2, 0.25) is 5.02 Å². The van der Waals surface area contributed by atoms with E-state index in [9.17, 15) is 14.3 Å². The fraction of sp³-hybridized carbons (Fsp3) is 0.389. The van der Waals surface area contributed by atoms with Crippen LogP contribution >= 0.6 is 11.6 Å². The van der Waals surface area contributed by atoms with Gasteiger partial charge in [-0.1, -0.05) is 29.8 Å². The minimum absolute atomic E-state index is 0.249. The Morgan fingerprint density at radius 2 is 1.78 bits per heavy atom. The van der Waals surface area contributed by atoms with Gasteiger partial charge in [0, 0.05) is 53.4 Å². The average molecular weight is 631 g/mol. The van der Waals surface area contributed by atoms with E-state index in [1.165, 1.54) is 28.8 Å². The number of fused-ring (bicyclic) bond motifs is 2. The first-order chi connectivity index (χ1) is 21.6. The van der Waals surface area contributed by atoms with Gasteiger partial charge in [0.15, 0.2) is 0 Å². The van der Waals surface area contributed by atoms with Crippen molar-refractivity contribution in [3.8, 4) is 16.9 Å². The molecule has 2 aromatic heterocycles. The molecule has 0 bridgehead atoms. The minimum atomic E-state index is -0.689. The zero-order chi connectivity index (χ0) is 31.8. The van der Waals surface area contributed by atoms with Gasteiger partial charge in [-0.05, 0) is 101 Å². The molecular weight excluding hydrogens is 591 g/mol. The molecule has 0 amide bonds. The van der Waals surface area contributed by atoms with Crippen LogP contribution in [-0.4, -0.2) is 56.6 Å². The summed E-state index contributed by atoms with van der Waals surface area (Å²) in [6, 6.07) is 14.6. The third-order valence-electron chi connectivity index (χ3n) is 9.53. The number of benzene rings is 3. The van der Waals surface area contributed by atoms with Gasteiger partial charge in [-0.2, -0.15) is 5.10 Å². The van der Waals surface area contributed by atoms with E-state index in [1.54, 1.807) is 6.07 Å². The summed E-state index contributed by atoms with van der Waals surface area (Å²) in [4.78, 5) is 13.9. The summed E-state index contributed by atoms with van der Waals surface area (Å²) in [5.41, 5.74) is 7.67. The minimum Gasteiger partial charge on any atom is -0.493 e. The van der Waals surface area contributed by atoms with Crippen molar-refractivity contribution in [2.45, 2.75) is 53.0 Å². The lowest BCUT2D eigenvalue weighted by Gasteiger charge is -2.30. The van der Waals surface area contributed by atoms with Crippen LogP contribution < -0.4 is 4.74 Å². The summed E-state index contributed by atoms with van der Waals surface area (Å²) < 4.78 is 24.3. The Morgan fingerprint density at radius 3 is 2.49 bits per heavy atom. The number of carboxylic acid groups (broad SMARTS) is 1. The van der Waals surface area contributed by atoms with E-state index in [4.69, 9.17) is 21.4 Å². The van der Waals surface area contributed by atoms with Gasteiger partial charge in [-0.3, -0.25) is 9.48 Å². The Labute approximate surface area is 268 Å². The van der Waals surface area contributed by atoms with E-state index in [1.807, 2.05) is 42.9 Å². The molecule has 7 nitrogen and oxygen atoms in total. The molecule has 236 valence electrons. The third-order valence-corrected chi connectivity index (χ3v) is 9.85. The molecule has 0 spiro atoms. The number of aliphatic carboxylic acids is 1. The van der Waals surface area contributed by atoms with E-state index in [0.29, 0.717) is 24.5 Å². The third kappa shape index (κ3) is 6.06. The summed E-state index contributed by atoms with van der Waals surface area (Å²) in [6.45, 7) is 10.0. The molecular formula is C36H40ClFN4O3. The maximum absolute atomic E-state index is 13.8. The van der Waals surface area contributed by atoms with Crippen LogP contribution in [0.15, 0.2) is 48.5 Å². The second-order valence-electron chi connectivity index (χ2n) is 12.2. The molecule has 5 aromatic rings. The van der Waals surface area contributed by atoms with Gasteiger partial charge in [0.25, 0.3) is 0 Å². The number of hydrogen-bond acceptors (Lipinski definition) is 4. The first kappa shape index (κ1) is 31.1. The van der Waals surface area contributed by atoms with Crippen LogP contribution in [0.1, 0.15) is 41.9 Å². The summed E-state index contributed by atoms with van der Waals surface area (Å²) in [6.07, 6.45) is 3.00. The largest absolute Gasteiger partial charge is 0.493 e. The van der Waals surface area contributed by atoms with Crippen LogP contribution in [0.25, 0.3) is 32.8 Å². The Kier molecular flexibility index (Phi) is 8.89. The second kappa shape index (κ2) is 12.9. The smallest absolute Gasteiger partial charge is 0.306 e. The molecule has 1 aliphatic heterocycles. The molecule has 9 heteroatoms. The molecule has 45 heavy (non-hydrogen) atoms. The van der Waals surface area contributed by atoms with Crippen molar-refractivity contribution in [3.63, 3.8) is 0 Å². The number of likely N-dealkylation sites (tertiary alicyclic amines) is 1. The van der Waals surface area contributed by atoms with Gasteiger partial charge < -0.3 is 19.3 Å². The van der Waals surface area contributed by atoms with E-state index in [0.717, 1.165) is 83.6 Å². The average Bonchev–Trinajstić information content (AvgIpc) is 3.43. The number of ether oxygens (including phenoxy) is 1. The first-order valence-corrected chi connectivity index (χ1v) is 16.1. The molecule has 0 aliphatic carbocycles. The number of carboxylic acids is 1. The quantitative estimate of drug-likeness (QED) is 0.160. The number of aryl methyl sites for hydroxylation is 3. The van der Waals surface area contributed by atoms with Crippen LogP contribution in [-0.2, 0) is 24.8 Å². The molecule has 1 N–H and O–H groups in total. The maximum Gasteiger partial charge on any atom is 0.306 e. The fourth-order valence-corrected chi connectivity index (χ4v) is 7.26. The second-order valence-corrected chi connectivity index (χ2v) is 12.6. The van der Waals surface area contributed by atoms with Crippen molar-refractivity contribution < 1.29 is 19.0 Å². The van der Waals surface area contributed by atoms with E-state index >= 15 is 0 Å². The number of halogens is 2. The standard InChI is InChI=1S/C36H40ClFN4O3/c1-22-33(24(3)40(4)39-22)34-31(37)13-12-30-28(8-6-20-45-32-9-5-7-26-21-27(38)10-11-29(26)32)23(2)42(35(30)34)19-18-41-16-14-25(15-17-41)36(43)44/h5,7,9-13,21,25H,6,8,14-20H2,1-4H3,(H,43,44). The predicted molar refractivity (Wildman–Crippen MR) is 178 cm³/mol. The highest BCUT2D eigenvalue weighted by Gasteiger charge is 2.26. The number of hydrogen-bond donors (Lipinski definition) is 1. The molecule has 3 heterocycles. The lowest BCUT2D eigenvalue weighted by Crippen LogP contribution is -2.38. The SMILES string of the molecule is Cc1nn(C)c(C)c1-c1c(Cl)ccc2c(CCCOc3cccc4cc(F)ccc34)c(C)n(CCN3CCC(C(=O)O)CC3)c12. The molecule has 0 atom stereocenters. The fourth-order valence-electron chi connectivity index (χ4n) is 7.01. The van der Waals surface area contributed by atoms with Gasteiger partial charge in [-0.25, -0.2) is 4.39 Å². The zero-order valence-corrected chi connectivity index (χ0v) is 27.1. The molecule has 6 rings (SSSR count). The molecule has 0 radical (unpaired) electrons. The van der Waals surface area contributed by atoms with Gasteiger partial charge in [0.05, 0.1) is 28.8 Å². The maximum atomic E-state index is 13.8. The molecule has 0 unspecified atom stereocenters. The van der Waals surface area contributed by atoms with Crippen LogP contribution in [0.3, 0.4) is 0 Å². The number of carbonyl (C=O) groups is 1. The van der Waals surface area contributed by atoms with Gasteiger partial charge in [0.1, 0.15) is 11.6 Å². The van der Waals surface area contributed by atoms with Crippen LogP contribution in [0.5, 0.6) is 5.75 Å². The summed E-state index contributed by atoms with van der Waals surface area (Å²) in [5, 5.41) is 17.8. The normalized spacial score (nSPS) is 14.5. The van der Waals surface area contributed by atoms with Crippen molar-refractivity contribution in [2.75, 3.05) is 26.2 Å². The lowest BCUT2D eigenvalue weighted by atomic mass is 9.97. The van der Waals surface area contributed by atoms with Gasteiger partial charge >= 0.3 is 5.97 Å². The summed E-state index contributed by atoms with van der Waals surface area (Å²) in [7, 11) is 1.96. The number of aromatic nitrogens is 3. The Bertz CT molecular complexity index is 1890. The molecule has 0 saturated carbocycles. The summed E-state index contributed by atoms with van der Waals surface area (Å²) >= 11 is 7.01. The lowest BCUT2D eigenvalue weighted by molar-refractivity contribution is -0.143. The molecule has 3 aromatic carbocycles. The van der Waals surface area contributed by atoms with E-state index in [2.05, 4.69) is 29.4 Å². The molecule has 1 aliphatic rings. The molecule has 1 saturated heterocycles. The first-order valence-electron chi connectivity index (χ1n) is 15.7. The van der Waals surface area contributed by atoms with Crippen molar-refractivity contribution in [2.24, 2.45) is 13.0 Å². The summed E-state index contributed by atoms with van der Waals surface area (Å²) in [5.74, 6) is -0.435. The van der Waals surface area contributed by atoms with Crippen molar-refractivity contribution in [1.29, 1.82) is 0 Å². The highest BCUT2D eigenvalue weighted by molar-refractivity contribution is 6.35. The van der Waals surface area contributed by atoms with Crippen molar-refractivity contribution >= 4 is 39.2 Å². The highest BCUT2D eigenvalue weighted by Crippen LogP contribution is 2.42. The van der Waals surface area contributed by atoms with Gasteiger partial charge in [-0.15, -0.1) is 0 Å². The monoisotopic (exact) mass is 630 g/mol. The van der Waals surface area contributed by atoms with E-state index < -0.39 is 5.97 Å². The van der Waals surface area contributed by atoms with Crippen molar-refractivity contribution in [3.05, 3.63) is 82.0 Å². The topological polar surface area (TPSA) is 72.5 Å². The van der Waals surface area contributed by atoms with Crippen LogP contribution in [0, 0.1) is 32.5 Å². The van der Waals surface area contributed by atoms with Gasteiger partial charge in [0.2, 0.25) is 0 Å². The zero-order valence-electron chi connectivity index (χ0n) is 26.4.